The van der Waals surface area contributed by atoms with Crippen molar-refractivity contribution in [1.82, 2.24) is 0 Å². The van der Waals surface area contributed by atoms with Crippen molar-refractivity contribution < 1.29 is 10.2 Å². The number of aliphatic hydroxyl groups excluding tert-OH is 2. The Labute approximate surface area is 90.6 Å². The molecule has 0 saturated carbocycles. The monoisotopic (exact) mass is 206 g/mol. The Morgan fingerprint density at radius 2 is 2.13 bits per heavy atom. The number of rotatable bonds is 3. The van der Waals surface area contributed by atoms with Crippen LogP contribution in [0.25, 0.3) is 0 Å². The van der Waals surface area contributed by atoms with Crippen molar-refractivity contribution in [2.24, 2.45) is 5.92 Å². The van der Waals surface area contributed by atoms with E-state index in [1.54, 1.807) is 6.92 Å². The maximum absolute atomic E-state index is 10.1. The SMILES string of the molecule is CC(O)CCC1Cc2ccccc2C1O. The molecule has 3 atom stereocenters. The van der Waals surface area contributed by atoms with Gasteiger partial charge in [0.2, 0.25) is 0 Å². The van der Waals surface area contributed by atoms with Crippen molar-refractivity contribution in [1.29, 1.82) is 0 Å². The molecule has 1 aromatic rings. The highest BCUT2D eigenvalue weighted by molar-refractivity contribution is 5.34. The summed E-state index contributed by atoms with van der Waals surface area (Å²) in [6.45, 7) is 1.80. The average molecular weight is 206 g/mol. The lowest BCUT2D eigenvalue weighted by Gasteiger charge is -2.15. The van der Waals surface area contributed by atoms with Gasteiger partial charge < -0.3 is 10.2 Å². The third-order valence-corrected chi connectivity index (χ3v) is 3.26. The van der Waals surface area contributed by atoms with E-state index < -0.39 is 0 Å². The molecule has 15 heavy (non-hydrogen) atoms. The molecule has 82 valence electrons. The molecule has 1 aliphatic rings. The van der Waals surface area contributed by atoms with E-state index in [1.807, 2.05) is 18.2 Å². The van der Waals surface area contributed by atoms with Crippen LogP contribution in [-0.4, -0.2) is 16.3 Å². The maximum Gasteiger partial charge on any atom is 0.0824 e. The highest BCUT2D eigenvalue weighted by Crippen LogP contribution is 2.38. The van der Waals surface area contributed by atoms with Crippen LogP contribution in [0.2, 0.25) is 0 Å². The Hall–Kier alpha value is -0.860. The van der Waals surface area contributed by atoms with Gasteiger partial charge >= 0.3 is 0 Å². The molecule has 0 spiro atoms. The van der Waals surface area contributed by atoms with Gasteiger partial charge in [-0.25, -0.2) is 0 Å². The van der Waals surface area contributed by atoms with Crippen molar-refractivity contribution >= 4 is 0 Å². The summed E-state index contributed by atoms with van der Waals surface area (Å²) in [5.41, 5.74) is 2.34. The topological polar surface area (TPSA) is 40.5 Å². The second kappa shape index (κ2) is 4.33. The van der Waals surface area contributed by atoms with Crippen LogP contribution in [0, 0.1) is 5.92 Å². The molecular formula is C13H18O2. The van der Waals surface area contributed by atoms with E-state index in [4.69, 9.17) is 0 Å². The summed E-state index contributed by atoms with van der Waals surface area (Å²) in [4.78, 5) is 0. The molecular weight excluding hydrogens is 188 g/mol. The second-order valence-corrected chi connectivity index (χ2v) is 4.53. The van der Waals surface area contributed by atoms with E-state index in [9.17, 15) is 10.2 Å². The molecule has 0 radical (unpaired) electrons. The first-order valence-electron chi connectivity index (χ1n) is 5.62. The summed E-state index contributed by atoms with van der Waals surface area (Å²) >= 11 is 0. The van der Waals surface area contributed by atoms with Crippen molar-refractivity contribution in [3.05, 3.63) is 35.4 Å². The summed E-state index contributed by atoms with van der Waals surface area (Å²) in [7, 11) is 0. The first-order valence-corrected chi connectivity index (χ1v) is 5.62. The Kier molecular flexibility index (Phi) is 3.08. The summed E-state index contributed by atoms with van der Waals surface area (Å²) < 4.78 is 0. The van der Waals surface area contributed by atoms with Gasteiger partial charge in [-0.15, -0.1) is 0 Å². The van der Waals surface area contributed by atoms with Crippen molar-refractivity contribution in [3.8, 4) is 0 Å². The molecule has 0 saturated heterocycles. The Morgan fingerprint density at radius 1 is 1.40 bits per heavy atom. The Bertz CT molecular complexity index is 333. The molecule has 2 N–H and O–H groups in total. The molecule has 2 rings (SSSR count). The van der Waals surface area contributed by atoms with E-state index in [2.05, 4.69) is 6.07 Å². The normalized spacial score (nSPS) is 26.3. The fraction of sp³-hybridized carbons (Fsp3) is 0.538. The molecule has 0 aromatic heterocycles. The first-order chi connectivity index (χ1) is 7.18. The van der Waals surface area contributed by atoms with Crippen molar-refractivity contribution in [2.45, 2.75) is 38.4 Å². The third-order valence-electron chi connectivity index (χ3n) is 3.26. The standard InChI is InChI=1S/C13H18O2/c1-9(14)6-7-11-8-10-4-2-3-5-12(10)13(11)15/h2-5,9,11,13-15H,6-8H2,1H3. The molecule has 0 fully saturated rings. The van der Waals surface area contributed by atoms with Crippen molar-refractivity contribution in [3.63, 3.8) is 0 Å². The summed E-state index contributed by atoms with van der Waals surface area (Å²) in [5, 5.41) is 19.3. The summed E-state index contributed by atoms with van der Waals surface area (Å²) in [6, 6.07) is 8.07. The zero-order valence-electron chi connectivity index (χ0n) is 9.06. The van der Waals surface area contributed by atoms with Crippen molar-refractivity contribution in [2.75, 3.05) is 0 Å². The minimum Gasteiger partial charge on any atom is -0.393 e. The lowest BCUT2D eigenvalue weighted by atomic mass is 9.96. The van der Waals surface area contributed by atoms with E-state index in [0.717, 1.165) is 24.8 Å². The van der Waals surface area contributed by atoms with Gasteiger partial charge in [-0.2, -0.15) is 0 Å². The van der Waals surface area contributed by atoms with Gasteiger partial charge in [0.1, 0.15) is 0 Å². The molecule has 0 aliphatic heterocycles. The summed E-state index contributed by atoms with van der Waals surface area (Å²) in [6.07, 6.45) is 2.02. The van der Waals surface area contributed by atoms with Crippen LogP contribution in [0.15, 0.2) is 24.3 Å². The van der Waals surface area contributed by atoms with Crippen LogP contribution in [-0.2, 0) is 6.42 Å². The molecule has 2 nitrogen and oxygen atoms in total. The van der Waals surface area contributed by atoms with E-state index in [0.29, 0.717) is 0 Å². The Morgan fingerprint density at radius 3 is 2.80 bits per heavy atom. The predicted octanol–water partition coefficient (Wildman–Crippen LogP) is 2.05. The number of fused-ring (bicyclic) bond motifs is 1. The van der Waals surface area contributed by atoms with Crippen LogP contribution < -0.4 is 0 Å². The number of hydrogen-bond donors (Lipinski definition) is 2. The Balaban J connectivity index is 2.03. The molecule has 1 aromatic carbocycles. The lowest BCUT2D eigenvalue weighted by molar-refractivity contribution is 0.101. The molecule has 2 heteroatoms. The van der Waals surface area contributed by atoms with E-state index >= 15 is 0 Å². The zero-order chi connectivity index (χ0) is 10.8. The molecule has 0 heterocycles. The van der Waals surface area contributed by atoms with Gasteiger partial charge in [-0.1, -0.05) is 24.3 Å². The zero-order valence-corrected chi connectivity index (χ0v) is 9.06. The first kappa shape index (κ1) is 10.7. The second-order valence-electron chi connectivity index (χ2n) is 4.53. The largest absolute Gasteiger partial charge is 0.393 e. The van der Waals surface area contributed by atoms with Crippen LogP contribution in [0.4, 0.5) is 0 Å². The molecule has 3 unspecified atom stereocenters. The predicted molar refractivity (Wildman–Crippen MR) is 59.5 cm³/mol. The highest BCUT2D eigenvalue weighted by atomic mass is 16.3. The van der Waals surface area contributed by atoms with E-state index in [1.165, 1.54) is 5.56 Å². The fourth-order valence-corrected chi connectivity index (χ4v) is 2.37. The average Bonchev–Trinajstić information content (AvgIpc) is 2.54. The summed E-state index contributed by atoms with van der Waals surface area (Å²) in [5.74, 6) is 0.289. The smallest absolute Gasteiger partial charge is 0.0824 e. The third kappa shape index (κ3) is 2.21. The van der Waals surface area contributed by atoms with Gasteiger partial charge in [0.05, 0.1) is 12.2 Å². The molecule has 0 amide bonds. The number of hydrogen-bond acceptors (Lipinski definition) is 2. The molecule has 0 bridgehead atoms. The fourth-order valence-electron chi connectivity index (χ4n) is 2.37. The minimum absolute atomic E-state index is 0.263. The molecule has 1 aliphatic carbocycles. The van der Waals surface area contributed by atoms with Crippen LogP contribution in [0.3, 0.4) is 0 Å². The highest BCUT2D eigenvalue weighted by Gasteiger charge is 2.30. The number of benzene rings is 1. The lowest BCUT2D eigenvalue weighted by Crippen LogP contribution is -2.10. The van der Waals surface area contributed by atoms with Crippen LogP contribution in [0.1, 0.15) is 37.0 Å². The van der Waals surface area contributed by atoms with Gasteiger partial charge in [0.25, 0.3) is 0 Å². The number of aliphatic hydroxyl groups is 2. The van der Waals surface area contributed by atoms with E-state index in [-0.39, 0.29) is 18.1 Å². The minimum atomic E-state index is -0.333. The van der Waals surface area contributed by atoms with Gasteiger partial charge in [0.15, 0.2) is 0 Å². The van der Waals surface area contributed by atoms with Gasteiger partial charge in [-0.3, -0.25) is 0 Å². The maximum atomic E-state index is 10.1. The van der Waals surface area contributed by atoms with Gasteiger partial charge in [0, 0.05) is 0 Å². The van der Waals surface area contributed by atoms with Gasteiger partial charge in [-0.05, 0) is 43.2 Å². The quantitative estimate of drug-likeness (QED) is 0.794. The van der Waals surface area contributed by atoms with Crippen LogP contribution >= 0.6 is 0 Å². The van der Waals surface area contributed by atoms with Crippen LogP contribution in [0.5, 0.6) is 0 Å².